The van der Waals surface area contributed by atoms with E-state index in [4.69, 9.17) is 0 Å². The molecule has 1 saturated carbocycles. The van der Waals surface area contributed by atoms with Crippen LogP contribution < -0.4 is 4.72 Å². The molecule has 0 radical (unpaired) electrons. The number of rotatable bonds is 5. The van der Waals surface area contributed by atoms with Crippen LogP contribution in [0.1, 0.15) is 38.5 Å². The van der Waals surface area contributed by atoms with Crippen LogP contribution in [-0.4, -0.2) is 26.9 Å². The van der Waals surface area contributed by atoms with Gasteiger partial charge in [0.15, 0.2) is 0 Å². The molecule has 0 spiro atoms. The summed E-state index contributed by atoms with van der Waals surface area (Å²) in [6.45, 7) is -0.564. The highest BCUT2D eigenvalue weighted by atomic mass is 32.2. The van der Waals surface area contributed by atoms with Gasteiger partial charge in [0.1, 0.15) is 0 Å². The Hall–Kier alpha value is -0.160. The summed E-state index contributed by atoms with van der Waals surface area (Å²) in [4.78, 5) is 0. The van der Waals surface area contributed by atoms with E-state index in [-0.39, 0.29) is 18.2 Å². The van der Waals surface area contributed by atoms with E-state index in [0.717, 1.165) is 25.7 Å². The zero-order valence-electron chi connectivity index (χ0n) is 8.34. The third-order valence-electron chi connectivity index (χ3n) is 2.50. The van der Waals surface area contributed by atoms with Gasteiger partial charge in [0.05, 0.1) is 12.4 Å². The van der Waals surface area contributed by atoms with Gasteiger partial charge in [-0.25, -0.2) is 13.1 Å². The second-order valence-corrected chi connectivity index (χ2v) is 5.69. The first-order chi connectivity index (χ1) is 6.64. The first kappa shape index (κ1) is 11.9. The molecule has 3 nitrogen and oxygen atoms in total. The highest BCUT2D eigenvalue weighted by Gasteiger charge is 2.19. The summed E-state index contributed by atoms with van der Waals surface area (Å²) >= 11 is 0. The van der Waals surface area contributed by atoms with Gasteiger partial charge in [0, 0.05) is 6.04 Å². The number of hydrogen-bond acceptors (Lipinski definition) is 2. The molecule has 1 rings (SSSR count). The molecule has 0 amide bonds. The van der Waals surface area contributed by atoms with E-state index < -0.39 is 16.7 Å². The van der Waals surface area contributed by atoms with Gasteiger partial charge in [-0.15, -0.1) is 0 Å². The van der Waals surface area contributed by atoms with E-state index in [2.05, 4.69) is 4.72 Å². The van der Waals surface area contributed by atoms with Crippen LogP contribution in [0.3, 0.4) is 0 Å². The van der Waals surface area contributed by atoms with E-state index in [9.17, 15) is 12.8 Å². The molecule has 0 unspecified atom stereocenters. The molecule has 14 heavy (non-hydrogen) atoms. The molecule has 0 aromatic rings. The third kappa shape index (κ3) is 4.37. The normalized spacial score (nSPS) is 19.8. The average Bonchev–Trinajstić information content (AvgIpc) is 2.16. The molecule has 0 saturated heterocycles. The van der Waals surface area contributed by atoms with Gasteiger partial charge >= 0.3 is 0 Å². The van der Waals surface area contributed by atoms with E-state index in [1.54, 1.807) is 0 Å². The molecule has 0 aromatic heterocycles. The fourth-order valence-corrected chi connectivity index (χ4v) is 3.13. The Balaban J connectivity index is 2.33. The lowest BCUT2D eigenvalue weighted by molar-refractivity contribution is 0.410. The van der Waals surface area contributed by atoms with Crippen molar-refractivity contribution in [3.63, 3.8) is 0 Å². The zero-order valence-corrected chi connectivity index (χ0v) is 9.15. The summed E-state index contributed by atoms with van der Waals surface area (Å²) in [5, 5.41) is 0. The van der Waals surface area contributed by atoms with Crippen LogP contribution in [0.2, 0.25) is 0 Å². The second kappa shape index (κ2) is 5.66. The minimum absolute atomic E-state index is 0.0833. The molecule has 0 heterocycles. The molecule has 1 fully saturated rings. The maximum Gasteiger partial charge on any atom is 0.211 e. The number of nitrogens with one attached hydrogen (secondary N) is 1. The Labute approximate surface area is 85.1 Å². The van der Waals surface area contributed by atoms with Gasteiger partial charge in [-0.3, -0.25) is 4.39 Å². The maximum atomic E-state index is 11.8. The van der Waals surface area contributed by atoms with Gasteiger partial charge in [-0.1, -0.05) is 19.3 Å². The summed E-state index contributed by atoms with van der Waals surface area (Å²) < 4.78 is 37.2. The lowest BCUT2D eigenvalue weighted by Crippen LogP contribution is -2.37. The first-order valence-electron chi connectivity index (χ1n) is 5.20. The Morgan fingerprint density at radius 2 is 1.86 bits per heavy atom. The lowest BCUT2D eigenvalue weighted by atomic mass is 9.96. The molecule has 0 bridgehead atoms. The molecule has 1 aliphatic carbocycles. The highest BCUT2D eigenvalue weighted by molar-refractivity contribution is 7.89. The Morgan fingerprint density at radius 1 is 1.21 bits per heavy atom. The van der Waals surface area contributed by atoms with Crippen LogP contribution in [0, 0.1) is 0 Å². The molecular formula is C9H18FNO2S. The van der Waals surface area contributed by atoms with E-state index in [1.807, 2.05) is 0 Å². The molecule has 1 N–H and O–H groups in total. The van der Waals surface area contributed by atoms with Crippen molar-refractivity contribution in [2.45, 2.75) is 44.6 Å². The summed E-state index contributed by atoms with van der Waals surface area (Å²) in [5.41, 5.74) is 0. The summed E-state index contributed by atoms with van der Waals surface area (Å²) in [6, 6.07) is 0.0911. The predicted octanol–water partition coefficient (Wildman–Crippen LogP) is 1.60. The monoisotopic (exact) mass is 223 g/mol. The molecule has 1 aliphatic rings. The van der Waals surface area contributed by atoms with E-state index >= 15 is 0 Å². The fraction of sp³-hybridized carbons (Fsp3) is 1.00. The van der Waals surface area contributed by atoms with Crippen molar-refractivity contribution in [1.29, 1.82) is 0 Å². The van der Waals surface area contributed by atoms with Crippen molar-refractivity contribution in [3.8, 4) is 0 Å². The van der Waals surface area contributed by atoms with Crippen LogP contribution in [0.15, 0.2) is 0 Å². The molecular weight excluding hydrogens is 205 g/mol. The summed E-state index contributed by atoms with van der Waals surface area (Å²) in [5.74, 6) is -0.0833. The van der Waals surface area contributed by atoms with Crippen molar-refractivity contribution in [1.82, 2.24) is 4.72 Å². The van der Waals surface area contributed by atoms with Crippen molar-refractivity contribution < 1.29 is 12.8 Å². The predicted molar refractivity (Wildman–Crippen MR) is 54.4 cm³/mol. The maximum absolute atomic E-state index is 11.8. The van der Waals surface area contributed by atoms with E-state index in [0.29, 0.717) is 0 Å². The minimum Gasteiger partial charge on any atom is -0.251 e. The number of sulfonamides is 1. The van der Waals surface area contributed by atoms with Crippen LogP contribution in [0.5, 0.6) is 0 Å². The number of alkyl halides is 1. The van der Waals surface area contributed by atoms with E-state index in [1.165, 1.54) is 6.42 Å². The molecule has 0 aromatic carbocycles. The van der Waals surface area contributed by atoms with Gasteiger partial charge < -0.3 is 0 Å². The Kier molecular flexibility index (Phi) is 4.81. The number of hydrogen-bond donors (Lipinski definition) is 1. The fourth-order valence-electron chi connectivity index (χ4n) is 1.78. The van der Waals surface area contributed by atoms with Crippen molar-refractivity contribution >= 4 is 10.0 Å². The van der Waals surface area contributed by atoms with Gasteiger partial charge in [-0.05, 0) is 19.3 Å². The Morgan fingerprint density at radius 3 is 2.43 bits per heavy atom. The molecule has 0 atom stereocenters. The molecule has 84 valence electrons. The second-order valence-electron chi connectivity index (χ2n) is 3.81. The summed E-state index contributed by atoms with van der Waals surface area (Å²) in [6.07, 6.45) is 5.33. The largest absolute Gasteiger partial charge is 0.251 e. The standard InChI is InChI=1S/C9H18FNO2S/c10-7-4-8-14(12,13)11-9-5-2-1-3-6-9/h9,11H,1-8H2. The lowest BCUT2D eigenvalue weighted by Gasteiger charge is -2.22. The summed E-state index contributed by atoms with van der Waals surface area (Å²) in [7, 11) is -3.23. The van der Waals surface area contributed by atoms with Gasteiger partial charge in [-0.2, -0.15) is 0 Å². The Bertz CT molecular complexity index is 248. The average molecular weight is 223 g/mol. The van der Waals surface area contributed by atoms with Crippen molar-refractivity contribution in [2.75, 3.05) is 12.4 Å². The smallest absolute Gasteiger partial charge is 0.211 e. The van der Waals surface area contributed by atoms with Crippen LogP contribution in [0.25, 0.3) is 0 Å². The van der Waals surface area contributed by atoms with Crippen LogP contribution >= 0.6 is 0 Å². The topological polar surface area (TPSA) is 46.2 Å². The first-order valence-corrected chi connectivity index (χ1v) is 6.85. The van der Waals surface area contributed by atoms with Gasteiger partial charge in [0.2, 0.25) is 10.0 Å². The van der Waals surface area contributed by atoms with Crippen LogP contribution in [-0.2, 0) is 10.0 Å². The molecule has 5 heteroatoms. The number of halogens is 1. The van der Waals surface area contributed by atoms with Crippen LogP contribution in [0.4, 0.5) is 4.39 Å². The minimum atomic E-state index is -3.23. The quantitative estimate of drug-likeness (QED) is 0.769. The SMILES string of the molecule is O=S(=O)(CCCF)NC1CCCCC1. The van der Waals surface area contributed by atoms with Crippen molar-refractivity contribution in [2.24, 2.45) is 0 Å². The van der Waals surface area contributed by atoms with Gasteiger partial charge in [0.25, 0.3) is 0 Å². The van der Waals surface area contributed by atoms with Crippen molar-refractivity contribution in [3.05, 3.63) is 0 Å². The third-order valence-corrected chi connectivity index (χ3v) is 4.02. The molecule has 0 aliphatic heterocycles. The highest BCUT2D eigenvalue weighted by Crippen LogP contribution is 2.18. The zero-order chi connectivity index (χ0) is 10.4.